The van der Waals surface area contributed by atoms with Gasteiger partial charge >= 0.3 is 5.97 Å². The minimum atomic E-state index is -0.879. The number of unbranched alkanes of at least 4 members (excludes halogenated alkanes) is 4. The lowest BCUT2D eigenvalue weighted by Crippen LogP contribution is -2.57. The topological polar surface area (TPSA) is 231 Å². The molecule has 8 aromatic rings. The van der Waals surface area contributed by atoms with Crippen molar-refractivity contribution >= 4 is 73.4 Å². The normalized spacial score (nSPS) is 15.5. The summed E-state index contributed by atoms with van der Waals surface area (Å²) in [6.07, 6.45) is 10.4. The molecular weight excluding hydrogens is 1150 g/mol. The van der Waals surface area contributed by atoms with E-state index in [0.717, 1.165) is 91.8 Å². The van der Waals surface area contributed by atoms with E-state index in [4.69, 9.17) is 14.5 Å². The molecule has 1 saturated heterocycles. The summed E-state index contributed by atoms with van der Waals surface area (Å²) in [4.78, 5) is 95.7. The second-order valence-electron chi connectivity index (χ2n) is 23.8. The molecule has 1 fully saturated rings. The van der Waals surface area contributed by atoms with Crippen LogP contribution in [0.5, 0.6) is 5.75 Å². The van der Waals surface area contributed by atoms with Crippen molar-refractivity contribution in [3.8, 4) is 27.6 Å². The van der Waals surface area contributed by atoms with E-state index >= 15 is 0 Å². The van der Waals surface area contributed by atoms with Crippen LogP contribution in [0.15, 0.2) is 121 Å². The third-order valence-corrected chi connectivity index (χ3v) is 18.2. The maximum Gasteiger partial charge on any atom is 0.357 e. The fourth-order valence-corrected chi connectivity index (χ4v) is 13.1. The molecule has 18 nitrogen and oxygen atoms in total. The molecule has 4 amide bonds. The number of nitrogens with one attached hydrogen (secondary N) is 3. The Bertz CT molecular complexity index is 3720. The molecule has 0 saturated carbocycles. The van der Waals surface area contributed by atoms with E-state index in [1.165, 1.54) is 23.3 Å². The van der Waals surface area contributed by atoms with Crippen molar-refractivity contribution < 1.29 is 38.6 Å². The molecule has 6 heterocycles. The number of ether oxygens (including phenoxy) is 2. The van der Waals surface area contributed by atoms with Crippen molar-refractivity contribution in [2.45, 2.75) is 136 Å². The number of aliphatic hydroxyl groups excluding tert-OH is 1. The molecule has 2 aliphatic heterocycles. The van der Waals surface area contributed by atoms with Crippen LogP contribution in [-0.4, -0.2) is 110 Å². The molecule has 0 bridgehead atoms. The number of esters is 1. The van der Waals surface area contributed by atoms with Crippen LogP contribution in [0.1, 0.15) is 139 Å². The highest BCUT2D eigenvalue weighted by Gasteiger charge is 2.45. The molecule has 20 heteroatoms. The zero-order valence-electron chi connectivity index (χ0n) is 50.7. The molecule has 4 N–H and O–H groups in total. The summed E-state index contributed by atoms with van der Waals surface area (Å²) in [5, 5.41) is 20.3. The van der Waals surface area contributed by atoms with Gasteiger partial charge in [0.15, 0.2) is 16.6 Å². The first-order chi connectivity index (χ1) is 42.5. The Morgan fingerprint density at radius 2 is 1.56 bits per heavy atom. The van der Waals surface area contributed by atoms with Gasteiger partial charge in [-0.1, -0.05) is 106 Å². The quantitative estimate of drug-likeness (QED) is 0.0326. The molecule has 4 aromatic heterocycles. The van der Waals surface area contributed by atoms with Crippen LogP contribution >= 0.6 is 22.7 Å². The third-order valence-electron chi connectivity index (χ3n) is 16.3. The first-order valence-corrected chi connectivity index (χ1v) is 31.9. The first-order valence-electron chi connectivity index (χ1n) is 30.2. The van der Waals surface area contributed by atoms with Gasteiger partial charge in [-0.15, -0.1) is 11.3 Å². The Labute approximate surface area is 521 Å². The van der Waals surface area contributed by atoms with Crippen LogP contribution in [0.3, 0.4) is 0 Å². The Morgan fingerprint density at radius 3 is 2.30 bits per heavy atom. The average molecular weight is 1230 g/mol. The number of aryl methyl sites for hydroxylation is 3. The van der Waals surface area contributed by atoms with Crippen molar-refractivity contribution in [1.29, 1.82) is 0 Å². The van der Waals surface area contributed by atoms with Gasteiger partial charge in [0, 0.05) is 56.0 Å². The number of β-amino-alcohol motifs (C(OH)–C–C–N with tert-alkyl or cyclic N) is 1. The highest BCUT2D eigenvalue weighted by Crippen LogP contribution is 2.33. The van der Waals surface area contributed by atoms with Gasteiger partial charge < -0.3 is 35.0 Å². The molecule has 4 atom stereocenters. The number of aromatic nitrogens is 5. The number of fused-ring (bicyclic) bond motifs is 2. The lowest BCUT2D eigenvalue weighted by atomic mass is 9.85. The molecule has 0 radical (unpaired) electrons. The van der Waals surface area contributed by atoms with Crippen molar-refractivity contribution in [1.82, 2.24) is 40.5 Å². The zero-order valence-corrected chi connectivity index (χ0v) is 52.3. The van der Waals surface area contributed by atoms with E-state index < -0.39 is 29.6 Å². The van der Waals surface area contributed by atoms with E-state index in [-0.39, 0.29) is 54.8 Å². The summed E-state index contributed by atoms with van der Waals surface area (Å²) < 4.78 is 12.3. The fourth-order valence-electron chi connectivity index (χ4n) is 11.4. The Hall–Kier alpha value is -8.46. The second-order valence-corrected chi connectivity index (χ2v) is 25.7. The molecule has 88 heavy (non-hydrogen) atoms. The largest absolute Gasteiger partial charge is 0.494 e. The number of pyridine rings is 1. The number of aliphatic hydroxyl groups is 1. The number of nitrogens with zero attached hydrogens (tertiary/aromatic N) is 7. The maximum absolute atomic E-state index is 14.2. The molecule has 0 spiro atoms. The van der Waals surface area contributed by atoms with Gasteiger partial charge in [0.25, 0.3) is 5.91 Å². The first kappa shape index (κ1) is 62.6. The number of rotatable bonds is 24. The molecule has 4 aromatic carbocycles. The van der Waals surface area contributed by atoms with E-state index in [1.54, 1.807) is 11.3 Å². The van der Waals surface area contributed by atoms with Crippen LogP contribution in [0.25, 0.3) is 32.0 Å². The highest BCUT2D eigenvalue weighted by molar-refractivity contribution is 7.22. The van der Waals surface area contributed by atoms with E-state index in [2.05, 4.69) is 46.9 Å². The number of amides is 4. The summed E-state index contributed by atoms with van der Waals surface area (Å²) in [5.74, 6) is 0.282. The van der Waals surface area contributed by atoms with Crippen molar-refractivity contribution in [3.05, 3.63) is 166 Å². The zero-order chi connectivity index (χ0) is 61.9. The number of thiazole rings is 2. The monoisotopic (exact) mass is 1220 g/mol. The van der Waals surface area contributed by atoms with Gasteiger partial charge in [-0.25, -0.2) is 29.7 Å². The van der Waals surface area contributed by atoms with E-state index in [9.17, 15) is 29.1 Å². The van der Waals surface area contributed by atoms with E-state index in [1.807, 2.05) is 150 Å². The van der Waals surface area contributed by atoms with Crippen LogP contribution < -0.4 is 25.6 Å². The van der Waals surface area contributed by atoms with Crippen LogP contribution in [-0.2, 0) is 44.9 Å². The number of likely N-dealkylation sites (tertiary alicyclic amines) is 1. The maximum atomic E-state index is 14.2. The third kappa shape index (κ3) is 15.4. The number of carbonyl (C=O) groups is 5. The predicted octanol–water partition coefficient (Wildman–Crippen LogP) is 11.4. The molecule has 458 valence electrons. The standard InChI is InChI=1S/C68H76N10O8S2/c1-42(45-23-25-48(26-24-45)60-43(2)71-41-87-60)72-64(82)55-36-50(79)39-78(55)65(83)61(68(3,4)5)75-58(80)22-11-9-7-8-10-16-44-37-69-62(70-38-44)49-27-30-51(31-28-49)86-35-15-18-47-29-32-57(74-59(47)66(84)85-6)77-34-33-46-17-14-19-52(53(46)40-77)63(81)76-67-73-54-20-12-13-21-56(54)88-67/h12-14,17,19-21,23-32,37-38,41-42,50,55,61,79H,7-11,15-16,18,22,33-36,39-40H2,1-6H3,(H,72,82)(H,75,80)(H,73,76,81)/t42-,50+,55-,61+/m0/s1. The van der Waals surface area contributed by atoms with Crippen molar-refractivity contribution in [2.75, 3.05) is 37.0 Å². The number of para-hydroxylation sites is 1. The minimum absolute atomic E-state index is 0.0139. The van der Waals surface area contributed by atoms with Gasteiger partial charge in [-0.2, -0.15) is 0 Å². The fraction of sp³-hybridized carbons (Fsp3) is 0.382. The summed E-state index contributed by atoms with van der Waals surface area (Å²) in [7, 11) is 1.36. The number of carbonyl (C=O) groups excluding carboxylic acids is 5. The minimum Gasteiger partial charge on any atom is -0.494 e. The second kappa shape index (κ2) is 28.6. The number of hydrogen-bond acceptors (Lipinski definition) is 16. The Kier molecular flexibility index (Phi) is 20.3. The molecular formula is C68H76N10O8S2. The Morgan fingerprint density at radius 1 is 0.807 bits per heavy atom. The van der Waals surface area contributed by atoms with Gasteiger partial charge in [-0.05, 0) is 140 Å². The van der Waals surface area contributed by atoms with Gasteiger partial charge in [0.1, 0.15) is 23.7 Å². The van der Waals surface area contributed by atoms with E-state index in [0.29, 0.717) is 73.5 Å². The van der Waals surface area contributed by atoms with Gasteiger partial charge in [0.2, 0.25) is 17.7 Å². The smallest absolute Gasteiger partial charge is 0.357 e. The van der Waals surface area contributed by atoms with Crippen LogP contribution in [0.4, 0.5) is 10.9 Å². The number of anilines is 2. The SMILES string of the molecule is COC(=O)c1nc(N2CCc3cccc(C(=O)Nc4nc5ccccc5s4)c3C2)ccc1CCCOc1ccc(-c2ncc(CCCCCCCC(=O)N[C@H](C(=O)N3C[C@H](O)C[C@H]3C(=O)N[C@@H](C)c3ccc(-c4scnc4C)cc3)C(C)(C)C)cn2)cc1. The lowest BCUT2D eigenvalue weighted by molar-refractivity contribution is -0.144. The number of hydrogen-bond donors (Lipinski definition) is 4. The summed E-state index contributed by atoms with van der Waals surface area (Å²) in [6.45, 7) is 11.1. The predicted molar refractivity (Wildman–Crippen MR) is 343 cm³/mol. The molecule has 10 rings (SSSR count). The molecule has 2 aliphatic rings. The Balaban J connectivity index is 0.625. The van der Waals surface area contributed by atoms with Gasteiger partial charge in [-0.3, -0.25) is 24.5 Å². The van der Waals surface area contributed by atoms with Gasteiger partial charge in [0.05, 0.1) is 52.2 Å². The summed E-state index contributed by atoms with van der Waals surface area (Å²) in [5.41, 5.74) is 10.5. The highest BCUT2D eigenvalue weighted by atomic mass is 32.1. The van der Waals surface area contributed by atoms with Crippen LogP contribution in [0.2, 0.25) is 0 Å². The average Bonchev–Trinajstić information content (AvgIpc) is 1.78. The molecule has 0 aliphatic carbocycles. The number of benzene rings is 4. The lowest BCUT2D eigenvalue weighted by Gasteiger charge is -2.35. The van der Waals surface area contributed by atoms with Crippen molar-refractivity contribution in [2.24, 2.45) is 5.41 Å². The van der Waals surface area contributed by atoms with Crippen molar-refractivity contribution in [3.63, 3.8) is 0 Å². The number of methoxy groups -OCH3 is 1. The van der Waals surface area contributed by atoms with Crippen LogP contribution in [0, 0.1) is 12.3 Å². The summed E-state index contributed by atoms with van der Waals surface area (Å²) in [6, 6.07) is 31.0. The summed E-state index contributed by atoms with van der Waals surface area (Å²) >= 11 is 3.02. The molecule has 0 unspecified atom stereocenters.